The minimum Gasteiger partial charge on any atom is -0.385 e. The Balaban J connectivity index is 3.47. The molecular formula is C9H14FN3O3S2. The summed E-state index contributed by atoms with van der Waals surface area (Å²) in [6.45, 7) is 2.93. The number of primary amides is 1. The molecule has 0 aliphatic rings. The number of aliphatic hydroxyl groups is 1. The molecule has 6 nitrogen and oxygen atoms in total. The Morgan fingerprint density at radius 2 is 2.22 bits per heavy atom. The third kappa shape index (κ3) is 3.05. The first-order valence-electron chi connectivity index (χ1n) is 4.87. The molecule has 0 aliphatic carbocycles. The van der Waals surface area contributed by atoms with Crippen LogP contribution in [-0.2, 0) is 15.5 Å². The average Bonchev–Trinajstić information content (AvgIpc) is 2.59. The molecule has 18 heavy (non-hydrogen) atoms. The maximum atomic E-state index is 13.7. The van der Waals surface area contributed by atoms with E-state index in [-0.39, 0.29) is 9.09 Å². The van der Waals surface area contributed by atoms with E-state index in [9.17, 15) is 18.5 Å². The van der Waals surface area contributed by atoms with Gasteiger partial charge in [-0.25, -0.2) is 18.1 Å². The molecule has 4 N–H and O–H groups in total. The summed E-state index contributed by atoms with van der Waals surface area (Å²) in [5.74, 6) is -0.804. The van der Waals surface area contributed by atoms with Gasteiger partial charge in [-0.1, -0.05) is 0 Å². The number of carbonyl (C=O) groups is 1. The predicted octanol–water partition coefficient (Wildman–Crippen LogP) is 1.15. The van der Waals surface area contributed by atoms with Gasteiger partial charge in [0.25, 0.3) is 0 Å². The Hall–Kier alpha value is -1.03. The summed E-state index contributed by atoms with van der Waals surface area (Å²) in [5.41, 5.74) is 3.57. The fraction of sp³-hybridized carbons (Fsp3) is 0.444. The van der Waals surface area contributed by atoms with Crippen molar-refractivity contribution in [2.75, 3.05) is 7.05 Å². The molecule has 1 aromatic heterocycles. The maximum Gasteiger partial charge on any atom is 0.347 e. The van der Waals surface area contributed by atoms with Crippen molar-refractivity contribution in [3.8, 4) is 0 Å². The molecule has 1 rings (SSSR count). The van der Waals surface area contributed by atoms with Gasteiger partial charge in [0.2, 0.25) is 0 Å². The first-order valence-corrected chi connectivity index (χ1v) is 7.20. The lowest BCUT2D eigenvalue weighted by Crippen LogP contribution is -2.22. The molecule has 0 aliphatic heterocycles. The Bertz CT molecular complexity index is 582. The molecular weight excluding hydrogens is 281 g/mol. The molecule has 0 fully saturated rings. The SMILES string of the molecule is CNS(=O)(=NC(N)=O)c1sc(C(C)(C)O)cc1F. The van der Waals surface area contributed by atoms with Gasteiger partial charge in [0.15, 0.2) is 19.9 Å². The van der Waals surface area contributed by atoms with E-state index in [0.29, 0.717) is 0 Å². The third-order valence-corrected chi connectivity index (χ3v) is 5.84. The van der Waals surface area contributed by atoms with E-state index in [1.54, 1.807) is 0 Å². The summed E-state index contributed by atoms with van der Waals surface area (Å²) in [6.07, 6.45) is 0. The van der Waals surface area contributed by atoms with Crippen LogP contribution in [-0.4, -0.2) is 22.4 Å². The van der Waals surface area contributed by atoms with E-state index in [4.69, 9.17) is 5.73 Å². The molecule has 0 radical (unpaired) electrons. The Morgan fingerprint density at radius 1 is 1.67 bits per heavy atom. The number of nitrogens with one attached hydrogen (secondary N) is 1. The van der Waals surface area contributed by atoms with Crippen molar-refractivity contribution in [3.63, 3.8) is 0 Å². The zero-order chi connectivity index (χ0) is 14.1. The van der Waals surface area contributed by atoms with Crippen molar-refractivity contribution in [3.05, 3.63) is 16.8 Å². The molecule has 9 heteroatoms. The molecule has 0 bridgehead atoms. The number of hydrogen-bond acceptors (Lipinski definition) is 4. The van der Waals surface area contributed by atoms with Crippen LogP contribution in [0.3, 0.4) is 0 Å². The van der Waals surface area contributed by atoms with Crippen LogP contribution in [0.2, 0.25) is 0 Å². The number of amides is 2. The van der Waals surface area contributed by atoms with Gasteiger partial charge < -0.3 is 10.8 Å². The van der Waals surface area contributed by atoms with E-state index in [0.717, 1.165) is 17.4 Å². The molecule has 0 saturated carbocycles. The third-order valence-electron chi connectivity index (χ3n) is 2.00. The highest BCUT2D eigenvalue weighted by Gasteiger charge is 2.26. The molecule has 0 saturated heterocycles. The van der Waals surface area contributed by atoms with Gasteiger partial charge in [-0.3, -0.25) is 0 Å². The zero-order valence-corrected chi connectivity index (χ0v) is 11.7. The fourth-order valence-electron chi connectivity index (χ4n) is 1.15. The van der Waals surface area contributed by atoms with Crippen LogP contribution in [0.5, 0.6) is 0 Å². The number of urea groups is 1. The monoisotopic (exact) mass is 295 g/mol. The van der Waals surface area contributed by atoms with Crippen molar-refractivity contribution in [2.45, 2.75) is 23.7 Å². The number of carbonyl (C=O) groups excluding carboxylic acids is 1. The summed E-state index contributed by atoms with van der Waals surface area (Å²) in [6, 6.07) is -0.0972. The normalized spacial score (nSPS) is 15.2. The molecule has 1 heterocycles. The van der Waals surface area contributed by atoms with E-state index in [1.807, 2.05) is 0 Å². The molecule has 1 aromatic rings. The number of hydrogen-bond donors (Lipinski definition) is 3. The summed E-state index contributed by atoms with van der Waals surface area (Å²) in [4.78, 5) is 11.0. The predicted molar refractivity (Wildman–Crippen MR) is 67.0 cm³/mol. The first kappa shape index (κ1) is 15.0. The Labute approximate surface area is 108 Å². The number of nitrogens with two attached hydrogens (primary N) is 1. The zero-order valence-electron chi connectivity index (χ0n) is 10.1. The summed E-state index contributed by atoms with van der Waals surface area (Å²) in [7, 11) is -2.17. The minimum atomic E-state index is -3.44. The van der Waals surface area contributed by atoms with Crippen molar-refractivity contribution in [1.29, 1.82) is 0 Å². The highest BCUT2D eigenvalue weighted by Crippen LogP contribution is 2.33. The quantitative estimate of drug-likeness (QED) is 0.779. The maximum absolute atomic E-state index is 13.7. The smallest absolute Gasteiger partial charge is 0.347 e. The molecule has 2 amide bonds. The molecule has 102 valence electrons. The van der Waals surface area contributed by atoms with Gasteiger partial charge in [-0.2, -0.15) is 0 Å². The van der Waals surface area contributed by atoms with Crippen LogP contribution in [0, 0.1) is 5.82 Å². The number of thiophene rings is 1. The highest BCUT2D eigenvalue weighted by molar-refractivity contribution is 7.94. The van der Waals surface area contributed by atoms with Gasteiger partial charge >= 0.3 is 6.03 Å². The minimum absolute atomic E-state index is 0.263. The number of rotatable bonds is 3. The lowest BCUT2D eigenvalue weighted by molar-refractivity contribution is 0.0823. The van der Waals surface area contributed by atoms with E-state index in [2.05, 4.69) is 9.08 Å². The first-order chi connectivity index (χ1) is 8.10. The van der Waals surface area contributed by atoms with Gasteiger partial charge in [-0.05, 0) is 27.0 Å². The van der Waals surface area contributed by atoms with Gasteiger partial charge in [0.1, 0.15) is 0 Å². The van der Waals surface area contributed by atoms with Gasteiger partial charge in [-0.15, -0.1) is 15.7 Å². The van der Waals surface area contributed by atoms with Crippen LogP contribution >= 0.6 is 11.3 Å². The number of halogens is 1. The lowest BCUT2D eigenvalue weighted by atomic mass is 10.1. The summed E-state index contributed by atoms with van der Waals surface area (Å²) in [5, 5.41) is 9.76. The van der Waals surface area contributed by atoms with E-state index in [1.165, 1.54) is 20.9 Å². The largest absolute Gasteiger partial charge is 0.385 e. The molecule has 0 aromatic carbocycles. The van der Waals surface area contributed by atoms with E-state index >= 15 is 0 Å². The van der Waals surface area contributed by atoms with Crippen molar-refractivity contribution >= 4 is 27.3 Å². The van der Waals surface area contributed by atoms with E-state index < -0.39 is 27.4 Å². The second-order valence-corrected chi connectivity index (χ2v) is 7.33. The molecule has 1 unspecified atom stereocenters. The van der Waals surface area contributed by atoms with Crippen LogP contribution in [0.1, 0.15) is 18.7 Å². The lowest BCUT2D eigenvalue weighted by Gasteiger charge is -2.13. The van der Waals surface area contributed by atoms with Crippen molar-refractivity contribution < 1.29 is 18.5 Å². The van der Waals surface area contributed by atoms with Crippen molar-refractivity contribution in [1.82, 2.24) is 4.72 Å². The summed E-state index contributed by atoms with van der Waals surface area (Å²) < 4.78 is 31.2. The topological polar surface area (TPSA) is 105 Å². The van der Waals surface area contributed by atoms with Gasteiger partial charge in [0, 0.05) is 4.88 Å². The van der Waals surface area contributed by atoms with Crippen LogP contribution in [0.15, 0.2) is 14.6 Å². The van der Waals surface area contributed by atoms with Crippen LogP contribution < -0.4 is 10.5 Å². The Morgan fingerprint density at radius 3 is 2.56 bits per heavy atom. The van der Waals surface area contributed by atoms with Crippen molar-refractivity contribution in [2.24, 2.45) is 10.1 Å². The molecule has 0 spiro atoms. The number of nitrogens with zero attached hydrogens (tertiary/aromatic N) is 1. The second-order valence-electron chi connectivity index (χ2n) is 3.96. The fourth-order valence-corrected chi connectivity index (χ4v) is 3.94. The molecule has 1 atom stereocenters. The van der Waals surface area contributed by atoms with Crippen LogP contribution in [0.25, 0.3) is 0 Å². The average molecular weight is 295 g/mol. The van der Waals surface area contributed by atoms with Crippen LogP contribution in [0.4, 0.5) is 9.18 Å². The van der Waals surface area contributed by atoms with Gasteiger partial charge in [0.05, 0.1) is 5.60 Å². The highest BCUT2D eigenvalue weighted by atomic mass is 32.2. The second kappa shape index (κ2) is 4.92. The Kier molecular flexibility index (Phi) is 4.11. The standard InChI is InChI=1S/C9H14FN3O3S2/c1-9(2,15)6-4-5(10)7(17-6)18(16,12-3)13-8(11)14/h4,15H,1-3H3,(H3,11,12,13,14,16). The summed E-state index contributed by atoms with van der Waals surface area (Å²) >= 11 is 0.775.